The summed E-state index contributed by atoms with van der Waals surface area (Å²) in [6, 6.07) is 1.92. The molecule has 4 heteroatoms. The summed E-state index contributed by atoms with van der Waals surface area (Å²) in [6.45, 7) is 6.88. The van der Waals surface area contributed by atoms with Crippen LogP contribution in [0.5, 0.6) is 0 Å². The number of nitrogens with zero attached hydrogens (tertiary/aromatic N) is 3. The minimum absolute atomic E-state index is 0.737. The van der Waals surface area contributed by atoms with Crippen LogP contribution in [-0.2, 0) is 6.54 Å². The lowest BCUT2D eigenvalue weighted by Gasteiger charge is -2.05. The topological polar surface area (TPSA) is 56.7 Å². The van der Waals surface area contributed by atoms with Gasteiger partial charge >= 0.3 is 0 Å². The molecule has 2 N–H and O–H groups in total. The molecule has 0 unspecified atom stereocenters. The zero-order valence-electron chi connectivity index (χ0n) is 9.86. The number of aromatic nitrogens is 3. The van der Waals surface area contributed by atoms with Crippen LogP contribution in [0, 0.1) is 13.8 Å². The summed E-state index contributed by atoms with van der Waals surface area (Å²) in [4.78, 5) is 4.34. The quantitative estimate of drug-likeness (QED) is 0.837. The SMILES string of the molecule is CCn1cc(-c2nccc(C)c2N)c(C)n1. The van der Waals surface area contributed by atoms with E-state index in [0.717, 1.165) is 34.7 Å². The second-order valence-electron chi connectivity index (χ2n) is 3.87. The Morgan fingerprint density at radius 2 is 2.12 bits per heavy atom. The van der Waals surface area contributed by atoms with Crippen molar-refractivity contribution < 1.29 is 0 Å². The first-order chi connectivity index (χ1) is 7.63. The highest BCUT2D eigenvalue weighted by molar-refractivity contribution is 5.75. The molecular formula is C12H16N4. The molecule has 0 saturated carbocycles. The number of nitrogens with two attached hydrogens (primary N) is 1. The number of rotatable bonds is 2. The molecule has 0 bridgehead atoms. The predicted molar refractivity (Wildman–Crippen MR) is 65.0 cm³/mol. The van der Waals surface area contributed by atoms with E-state index in [1.165, 1.54) is 0 Å². The fourth-order valence-corrected chi connectivity index (χ4v) is 1.70. The van der Waals surface area contributed by atoms with Crippen molar-refractivity contribution >= 4 is 5.69 Å². The Labute approximate surface area is 95.1 Å². The van der Waals surface area contributed by atoms with Crippen molar-refractivity contribution in [2.24, 2.45) is 0 Å². The maximum absolute atomic E-state index is 6.03. The Bertz CT molecular complexity index is 514. The van der Waals surface area contributed by atoms with Crippen LogP contribution in [0.4, 0.5) is 5.69 Å². The monoisotopic (exact) mass is 216 g/mol. The number of hydrogen-bond donors (Lipinski definition) is 1. The van der Waals surface area contributed by atoms with E-state index in [0.29, 0.717) is 0 Å². The maximum Gasteiger partial charge on any atom is 0.0968 e. The lowest BCUT2D eigenvalue weighted by atomic mass is 10.1. The fraction of sp³-hybridized carbons (Fsp3) is 0.333. The normalized spacial score (nSPS) is 10.7. The minimum atomic E-state index is 0.737. The summed E-state index contributed by atoms with van der Waals surface area (Å²) in [7, 11) is 0. The van der Waals surface area contributed by atoms with E-state index in [4.69, 9.17) is 5.73 Å². The van der Waals surface area contributed by atoms with Crippen molar-refractivity contribution in [3.63, 3.8) is 0 Å². The number of anilines is 1. The van der Waals surface area contributed by atoms with E-state index in [1.807, 2.05) is 30.8 Å². The second kappa shape index (κ2) is 3.96. The Balaban J connectivity index is 2.58. The molecular weight excluding hydrogens is 200 g/mol. The Morgan fingerprint density at radius 3 is 2.75 bits per heavy atom. The van der Waals surface area contributed by atoms with E-state index < -0.39 is 0 Å². The predicted octanol–water partition coefficient (Wildman–Crippen LogP) is 2.16. The third-order valence-electron chi connectivity index (χ3n) is 2.73. The molecule has 2 heterocycles. The average Bonchev–Trinajstić information content (AvgIpc) is 2.64. The van der Waals surface area contributed by atoms with Crippen LogP contribution < -0.4 is 5.73 Å². The molecule has 2 aromatic heterocycles. The van der Waals surface area contributed by atoms with Crippen molar-refractivity contribution in [2.75, 3.05) is 5.73 Å². The Hall–Kier alpha value is -1.84. The molecule has 0 aliphatic rings. The molecule has 0 spiro atoms. The number of nitrogen functional groups attached to an aromatic ring is 1. The van der Waals surface area contributed by atoms with Crippen molar-refractivity contribution in [3.8, 4) is 11.3 Å². The number of pyridine rings is 1. The van der Waals surface area contributed by atoms with Crippen LogP contribution in [0.2, 0.25) is 0 Å². The van der Waals surface area contributed by atoms with Crippen LogP contribution in [-0.4, -0.2) is 14.8 Å². The van der Waals surface area contributed by atoms with Gasteiger partial charge < -0.3 is 5.73 Å². The van der Waals surface area contributed by atoms with Crippen LogP contribution in [0.1, 0.15) is 18.2 Å². The second-order valence-corrected chi connectivity index (χ2v) is 3.87. The molecule has 0 fully saturated rings. The molecule has 2 rings (SSSR count). The molecule has 0 aliphatic carbocycles. The van der Waals surface area contributed by atoms with Gasteiger partial charge in [-0.1, -0.05) is 0 Å². The molecule has 0 aliphatic heterocycles. The van der Waals surface area contributed by atoms with Gasteiger partial charge in [0.25, 0.3) is 0 Å². The van der Waals surface area contributed by atoms with Gasteiger partial charge in [-0.3, -0.25) is 9.67 Å². The minimum Gasteiger partial charge on any atom is -0.397 e. The van der Waals surface area contributed by atoms with E-state index in [1.54, 1.807) is 6.20 Å². The van der Waals surface area contributed by atoms with Crippen molar-refractivity contribution in [3.05, 3.63) is 29.7 Å². The highest BCUT2D eigenvalue weighted by Gasteiger charge is 2.12. The highest BCUT2D eigenvalue weighted by Crippen LogP contribution is 2.27. The van der Waals surface area contributed by atoms with Crippen LogP contribution in [0.3, 0.4) is 0 Å². The average molecular weight is 216 g/mol. The smallest absolute Gasteiger partial charge is 0.0968 e. The summed E-state index contributed by atoms with van der Waals surface area (Å²) in [5.41, 5.74) is 10.6. The van der Waals surface area contributed by atoms with Crippen LogP contribution in [0.15, 0.2) is 18.5 Å². The number of hydrogen-bond acceptors (Lipinski definition) is 3. The molecule has 0 amide bonds. The first kappa shape index (κ1) is 10.7. The van der Waals surface area contributed by atoms with Crippen molar-refractivity contribution in [1.82, 2.24) is 14.8 Å². The van der Waals surface area contributed by atoms with Gasteiger partial charge in [0.2, 0.25) is 0 Å². The highest BCUT2D eigenvalue weighted by atomic mass is 15.3. The molecule has 0 radical (unpaired) electrons. The largest absolute Gasteiger partial charge is 0.397 e. The standard InChI is InChI=1S/C12H16N4/c1-4-16-7-10(9(3)15-16)12-11(13)8(2)5-6-14-12/h5-7H,4,13H2,1-3H3. The molecule has 84 valence electrons. The summed E-state index contributed by atoms with van der Waals surface area (Å²) >= 11 is 0. The van der Waals surface area contributed by atoms with Gasteiger partial charge in [0.15, 0.2) is 0 Å². The number of aryl methyl sites for hydroxylation is 3. The van der Waals surface area contributed by atoms with Gasteiger partial charge in [-0.25, -0.2) is 0 Å². The third kappa shape index (κ3) is 1.66. The van der Waals surface area contributed by atoms with E-state index in [2.05, 4.69) is 17.0 Å². The summed E-state index contributed by atoms with van der Waals surface area (Å²) in [6.07, 6.45) is 3.78. The molecule has 0 aromatic carbocycles. The Morgan fingerprint density at radius 1 is 1.38 bits per heavy atom. The lowest BCUT2D eigenvalue weighted by molar-refractivity contribution is 0.653. The van der Waals surface area contributed by atoms with Gasteiger partial charge in [0.05, 0.1) is 17.1 Å². The van der Waals surface area contributed by atoms with Crippen molar-refractivity contribution in [1.29, 1.82) is 0 Å². The lowest BCUT2D eigenvalue weighted by Crippen LogP contribution is -1.96. The maximum atomic E-state index is 6.03. The molecule has 2 aromatic rings. The fourth-order valence-electron chi connectivity index (χ4n) is 1.70. The third-order valence-corrected chi connectivity index (χ3v) is 2.73. The summed E-state index contributed by atoms with van der Waals surface area (Å²) < 4.78 is 1.90. The zero-order chi connectivity index (χ0) is 11.7. The molecule has 4 nitrogen and oxygen atoms in total. The summed E-state index contributed by atoms with van der Waals surface area (Å²) in [5.74, 6) is 0. The van der Waals surface area contributed by atoms with Gasteiger partial charge in [0, 0.05) is 24.5 Å². The van der Waals surface area contributed by atoms with E-state index in [-0.39, 0.29) is 0 Å². The van der Waals surface area contributed by atoms with Crippen LogP contribution in [0.25, 0.3) is 11.3 Å². The van der Waals surface area contributed by atoms with Gasteiger partial charge in [-0.05, 0) is 32.4 Å². The summed E-state index contributed by atoms with van der Waals surface area (Å²) in [5, 5.41) is 4.40. The van der Waals surface area contributed by atoms with Crippen LogP contribution >= 0.6 is 0 Å². The van der Waals surface area contributed by atoms with E-state index in [9.17, 15) is 0 Å². The molecule has 0 atom stereocenters. The van der Waals surface area contributed by atoms with Gasteiger partial charge in [0.1, 0.15) is 0 Å². The molecule has 0 saturated heterocycles. The first-order valence-electron chi connectivity index (χ1n) is 5.39. The van der Waals surface area contributed by atoms with Gasteiger partial charge in [-0.2, -0.15) is 5.10 Å². The van der Waals surface area contributed by atoms with Gasteiger partial charge in [-0.15, -0.1) is 0 Å². The zero-order valence-corrected chi connectivity index (χ0v) is 9.86. The van der Waals surface area contributed by atoms with E-state index >= 15 is 0 Å². The Kier molecular flexibility index (Phi) is 2.64. The first-order valence-corrected chi connectivity index (χ1v) is 5.39. The molecule has 16 heavy (non-hydrogen) atoms. The van der Waals surface area contributed by atoms with Crippen molar-refractivity contribution in [2.45, 2.75) is 27.3 Å².